The molecule has 6 nitrogen and oxygen atoms in total. The molecule has 0 radical (unpaired) electrons. The summed E-state index contributed by atoms with van der Waals surface area (Å²) >= 11 is 0. The minimum atomic E-state index is -5.08. The number of alkyl halides is 3. The molecule has 1 aromatic carbocycles. The molecule has 0 aromatic heterocycles. The summed E-state index contributed by atoms with van der Waals surface area (Å²) in [6.45, 7) is 8.47. The van der Waals surface area contributed by atoms with Crippen LogP contribution in [0.3, 0.4) is 0 Å². The zero-order valence-corrected chi connectivity index (χ0v) is 15.6. The third-order valence-electron chi connectivity index (χ3n) is 3.13. The van der Waals surface area contributed by atoms with E-state index in [2.05, 4.69) is 26.1 Å². The van der Waals surface area contributed by atoms with E-state index in [9.17, 15) is 18.0 Å². The molecular formula is C18H26F3NO5. The zero-order chi connectivity index (χ0) is 21.1. The Kier molecular flexibility index (Phi) is 10.5. The van der Waals surface area contributed by atoms with Gasteiger partial charge in [-0.3, -0.25) is 4.79 Å². The molecule has 0 aliphatic rings. The molecule has 0 atom stereocenters. The van der Waals surface area contributed by atoms with Crippen molar-refractivity contribution in [3.05, 3.63) is 29.8 Å². The summed E-state index contributed by atoms with van der Waals surface area (Å²) in [5, 5.41) is 18.7. The molecule has 0 saturated carbocycles. The summed E-state index contributed by atoms with van der Waals surface area (Å²) in [6.07, 6.45) is -3.92. The summed E-state index contributed by atoms with van der Waals surface area (Å²) in [5.74, 6) is -2.66. The molecule has 0 saturated heterocycles. The van der Waals surface area contributed by atoms with E-state index in [-0.39, 0.29) is 11.8 Å². The van der Waals surface area contributed by atoms with Gasteiger partial charge in [0, 0.05) is 13.1 Å². The fourth-order valence-electron chi connectivity index (χ4n) is 1.61. The van der Waals surface area contributed by atoms with Gasteiger partial charge in [0.2, 0.25) is 0 Å². The molecule has 0 bridgehead atoms. The molecule has 0 amide bonds. The number of carboxylic acids is 2. The summed E-state index contributed by atoms with van der Waals surface area (Å²) in [6, 6.07) is 7.91. The number of nitrogens with one attached hydrogen (secondary N) is 1. The number of aliphatic carboxylic acids is 2. The van der Waals surface area contributed by atoms with E-state index in [0.29, 0.717) is 13.1 Å². The molecule has 0 aliphatic heterocycles. The molecule has 0 fully saturated rings. The Morgan fingerprint density at radius 2 is 1.59 bits per heavy atom. The average Bonchev–Trinajstić information content (AvgIpc) is 2.51. The summed E-state index contributed by atoms with van der Waals surface area (Å²) in [4.78, 5) is 19.3. The number of carbonyl (C=O) groups is 2. The molecule has 0 heterocycles. The Morgan fingerprint density at radius 1 is 1.07 bits per heavy atom. The van der Waals surface area contributed by atoms with Crippen molar-refractivity contribution in [2.45, 2.75) is 46.3 Å². The Hall–Kier alpha value is -2.29. The highest BCUT2D eigenvalue weighted by Gasteiger charge is 2.38. The van der Waals surface area contributed by atoms with Crippen LogP contribution in [0.1, 0.15) is 39.2 Å². The molecule has 0 aliphatic carbocycles. The predicted octanol–water partition coefficient (Wildman–Crippen LogP) is 3.70. The molecule has 27 heavy (non-hydrogen) atoms. The lowest BCUT2D eigenvalue weighted by molar-refractivity contribution is -0.192. The standard InChI is InChI=1S/C16H25NO3.C2HF3O2/c1-16(2,3)9-11-20-14-6-4-13(5-7-14)12-17-10-8-15(18)19;3-2(4,5)1(6)7/h4-7,17H,8-12H2,1-3H3,(H,18,19);(H,6,7). The van der Waals surface area contributed by atoms with Gasteiger partial charge in [0.05, 0.1) is 13.0 Å². The number of benzene rings is 1. The number of hydrogen-bond donors (Lipinski definition) is 3. The summed E-state index contributed by atoms with van der Waals surface area (Å²) in [5.41, 5.74) is 1.41. The van der Waals surface area contributed by atoms with Gasteiger partial charge in [-0.25, -0.2) is 4.79 Å². The Labute approximate surface area is 156 Å². The van der Waals surface area contributed by atoms with Crippen molar-refractivity contribution in [2.75, 3.05) is 13.2 Å². The summed E-state index contributed by atoms with van der Waals surface area (Å²) in [7, 11) is 0. The van der Waals surface area contributed by atoms with Gasteiger partial charge in [0.1, 0.15) is 5.75 Å². The first kappa shape index (κ1) is 24.7. The lowest BCUT2D eigenvalue weighted by atomic mass is 9.93. The second-order valence-electron chi connectivity index (χ2n) is 6.93. The molecule has 1 rings (SSSR count). The van der Waals surface area contributed by atoms with Crippen LogP contribution < -0.4 is 10.1 Å². The lowest BCUT2D eigenvalue weighted by Gasteiger charge is -2.18. The highest BCUT2D eigenvalue weighted by molar-refractivity contribution is 5.73. The molecular weight excluding hydrogens is 367 g/mol. The number of ether oxygens (including phenoxy) is 1. The highest BCUT2D eigenvalue weighted by atomic mass is 19.4. The molecule has 1 aromatic rings. The van der Waals surface area contributed by atoms with Gasteiger partial charge in [-0.2, -0.15) is 13.2 Å². The second kappa shape index (κ2) is 11.4. The van der Waals surface area contributed by atoms with E-state index in [1.807, 2.05) is 24.3 Å². The first-order chi connectivity index (χ1) is 12.3. The number of rotatable bonds is 8. The number of hydrogen-bond acceptors (Lipinski definition) is 4. The van der Waals surface area contributed by atoms with Crippen molar-refractivity contribution in [2.24, 2.45) is 5.41 Å². The van der Waals surface area contributed by atoms with Gasteiger partial charge in [-0.15, -0.1) is 0 Å². The maximum atomic E-state index is 10.6. The van der Waals surface area contributed by atoms with E-state index in [1.165, 1.54) is 0 Å². The monoisotopic (exact) mass is 393 g/mol. The van der Waals surface area contributed by atoms with E-state index in [4.69, 9.17) is 19.7 Å². The largest absolute Gasteiger partial charge is 0.494 e. The van der Waals surface area contributed by atoms with Crippen LogP contribution in [-0.4, -0.2) is 41.5 Å². The van der Waals surface area contributed by atoms with Gasteiger partial charge in [-0.1, -0.05) is 32.9 Å². The van der Waals surface area contributed by atoms with Crippen LogP contribution in [0.5, 0.6) is 5.75 Å². The molecule has 9 heteroatoms. The zero-order valence-electron chi connectivity index (χ0n) is 15.6. The fraction of sp³-hybridized carbons (Fsp3) is 0.556. The van der Waals surface area contributed by atoms with Crippen LogP contribution >= 0.6 is 0 Å². The lowest BCUT2D eigenvalue weighted by Crippen LogP contribution is -2.21. The van der Waals surface area contributed by atoms with E-state index < -0.39 is 18.1 Å². The van der Waals surface area contributed by atoms with Crippen molar-refractivity contribution in [3.63, 3.8) is 0 Å². The Balaban J connectivity index is 0.000000821. The minimum absolute atomic E-state index is 0.147. The van der Waals surface area contributed by atoms with Crippen LogP contribution in [0.25, 0.3) is 0 Å². The first-order valence-electron chi connectivity index (χ1n) is 8.25. The van der Waals surface area contributed by atoms with E-state index in [1.54, 1.807) is 0 Å². The highest BCUT2D eigenvalue weighted by Crippen LogP contribution is 2.19. The molecule has 0 spiro atoms. The smallest absolute Gasteiger partial charge is 0.490 e. The average molecular weight is 393 g/mol. The first-order valence-corrected chi connectivity index (χ1v) is 8.25. The maximum absolute atomic E-state index is 10.6. The number of halogens is 3. The van der Waals surface area contributed by atoms with Crippen molar-refractivity contribution < 1.29 is 37.7 Å². The van der Waals surface area contributed by atoms with Crippen molar-refractivity contribution >= 4 is 11.9 Å². The van der Waals surface area contributed by atoms with Gasteiger partial charge in [-0.05, 0) is 29.5 Å². The minimum Gasteiger partial charge on any atom is -0.494 e. The van der Waals surface area contributed by atoms with Crippen LogP contribution in [0, 0.1) is 5.41 Å². The molecule has 3 N–H and O–H groups in total. The van der Waals surface area contributed by atoms with Crippen LogP contribution in [0.2, 0.25) is 0 Å². The van der Waals surface area contributed by atoms with Gasteiger partial charge >= 0.3 is 18.1 Å². The van der Waals surface area contributed by atoms with Gasteiger partial charge < -0.3 is 20.3 Å². The Bertz CT molecular complexity index is 580. The third kappa shape index (κ3) is 14.6. The predicted molar refractivity (Wildman–Crippen MR) is 93.7 cm³/mol. The quantitative estimate of drug-likeness (QED) is 0.583. The van der Waals surface area contributed by atoms with Crippen LogP contribution in [-0.2, 0) is 16.1 Å². The Morgan fingerprint density at radius 3 is 2.00 bits per heavy atom. The fourth-order valence-corrected chi connectivity index (χ4v) is 1.61. The van der Waals surface area contributed by atoms with Crippen LogP contribution in [0.4, 0.5) is 13.2 Å². The van der Waals surface area contributed by atoms with Gasteiger partial charge in [0.15, 0.2) is 0 Å². The van der Waals surface area contributed by atoms with E-state index in [0.717, 1.165) is 24.3 Å². The van der Waals surface area contributed by atoms with Crippen LogP contribution in [0.15, 0.2) is 24.3 Å². The van der Waals surface area contributed by atoms with E-state index >= 15 is 0 Å². The van der Waals surface area contributed by atoms with Gasteiger partial charge in [0.25, 0.3) is 0 Å². The SMILES string of the molecule is CC(C)(C)CCOc1ccc(CNCCC(=O)O)cc1.O=C(O)C(F)(F)F. The maximum Gasteiger partial charge on any atom is 0.490 e. The third-order valence-corrected chi connectivity index (χ3v) is 3.13. The van der Waals surface area contributed by atoms with Crippen molar-refractivity contribution in [1.82, 2.24) is 5.32 Å². The summed E-state index contributed by atoms with van der Waals surface area (Å²) < 4.78 is 37.4. The van der Waals surface area contributed by atoms with Crippen molar-refractivity contribution in [1.29, 1.82) is 0 Å². The normalized spacial score (nSPS) is 11.3. The number of carboxylic acid groups (broad SMARTS) is 2. The second-order valence-corrected chi connectivity index (χ2v) is 6.93. The topological polar surface area (TPSA) is 95.9 Å². The molecule has 0 unspecified atom stereocenters. The van der Waals surface area contributed by atoms with Crippen molar-refractivity contribution in [3.8, 4) is 5.75 Å². The molecule has 154 valence electrons.